The first kappa shape index (κ1) is 20.3. The molecule has 0 unspecified atom stereocenters. The largest absolute Gasteiger partial charge is 0.340 e. The molecule has 1 aromatic carbocycles. The summed E-state index contributed by atoms with van der Waals surface area (Å²) < 4.78 is 0. The van der Waals surface area contributed by atoms with E-state index in [0.717, 1.165) is 44.3 Å². The predicted molar refractivity (Wildman–Crippen MR) is 106 cm³/mol. The summed E-state index contributed by atoms with van der Waals surface area (Å²) in [6.45, 7) is 8.47. The number of hydrogen-bond acceptors (Lipinski definition) is 2. The summed E-state index contributed by atoms with van der Waals surface area (Å²) in [6.07, 6.45) is 4.89. The van der Waals surface area contributed by atoms with Gasteiger partial charge < -0.3 is 15.1 Å². The second-order valence-corrected chi connectivity index (χ2v) is 7.39. The molecule has 0 spiro atoms. The highest BCUT2D eigenvalue weighted by atomic mass is 16.2. The topological polar surface area (TPSA) is 52.7 Å². The first-order valence-electron chi connectivity index (χ1n) is 9.94. The molecule has 3 amide bonds. The van der Waals surface area contributed by atoms with Crippen LogP contribution in [0.1, 0.15) is 52.9 Å². The lowest BCUT2D eigenvalue weighted by Crippen LogP contribution is -2.47. The number of amides is 3. The lowest BCUT2D eigenvalue weighted by atomic mass is 9.94. The van der Waals surface area contributed by atoms with Gasteiger partial charge in [0.05, 0.1) is 0 Å². The first-order valence-corrected chi connectivity index (χ1v) is 9.94. The van der Waals surface area contributed by atoms with Crippen molar-refractivity contribution in [1.82, 2.24) is 9.80 Å². The smallest absolute Gasteiger partial charge is 0.321 e. The van der Waals surface area contributed by atoms with Gasteiger partial charge in [-0.1, -0.05) is 38.0 Å². The summed E-state index contributed by atoms with van der Waals surface area (Å²) in [5.41, 5.74) is 0.803. The Kier molecular flexibility index (Phi) is 7.95. The minimum Gasteiger partial charge on any atom is -0.340 e. The number of urea groups is 1. The molecular formula is C21H33N3O2. The van der Waals surface area contributed by atoms with E-state index in [4.69, 9.17) is 0 Å². The standard InChI is InChI=1S/C21H33N3O2/c1-4-5-9-14-24(17(2)3)20(25)18-12-15-23(16-13-18)21(26)22-19-10-7-6-8-11-19/h6-8,10-11,17-18H,4-5,9,12-16H2,1-3H3,(H,22,26). The number of para-hydroxylation sites is 1. The number of unbranched alkanes of at least 4 members (excludes halogenated alkanes) is 2. The molecular weight excluding hydrogens is 326 g/mol. The highest BCUT2D eigenvalue weighted by molar-refractivity contribution is 5.89. The van der Waals surface area contributed by atoms with Gasteiger partial charge in [-0.2, -0.15) is 0 Å². The van der Waals surface area contributed by atoms with Gasteiger partial charge in [0.2, 0.25) is 5.91 Å². The zero-order valence-corrected chi connectivity index (χ0v) is 16.4. The van der Waals surface area contributed by atoms with Crippen LogP contribution in [0.3, 0.4) is 0 Å². The average Bonchev–Trinajstić information content (AvgIpc) is 2.65. The van der Waals surface area contributed by atoms with E-state index in [2.05, 4.69) is 26.1 Å². The summed E-state index contributed by atoms with van der Waals surface area (Å²) in [5, 5.41) is 2.92. The van der Waals surface area contributed by atoms with Gasteiger partial charge in [-0.15, -0.1) is 0 Å². The molecule has 1 fully saturated rings. The van der Waals surface area contributed by atoms with Crippen LogP contribution in [0, 0.1) is 5.92 Å². The maximum Gasteiger partial charge on any atom is 0.321 e. The normalized spacial score (nSPS) is 15.2. The minimum absolute atomic E-state index is 0.0415. The molecule has 0 radical (unpaired) electrons. The van der Waals surface area contributed by atoms with Crippen molar-refractivity contribution in [2.24, 2.45) is 5.92 Å². The number of carbonyl (C=O) groups excluding carboxylic acids is 2. The average molecular weight is 360 g/mol. The van der Waals surface area contributed by atoms with Crippen molar-refractivity contribution in [2.45, 2.75) is 58.9 Å². The Hall–Kier alpha value is -2.04. The molecule has 1 aliphatic rings. The molecule has 0 bridgehead atoms. The third kappa shape index (κ3) is 5.75. The van der Waals surface area contributed by atoms with Crippen LogP contribution in [-0.4, -0.2) is 47.4 Å². The second kappa shape index (κ2) is 10.2. The van der Waals surface area contributed by atoms with Gasteiger partial charge in [-0.25, -0.2) is 4.79 Å². The number of nitrogens with one attached hydrogen (secondary N) is 1. The molecule has 144 valence electrons. The Balaban J connectivity index is 1.84. The number of nitrogens with zero attached hydrogens (tertiary/aromatic N) is 2. The van der Waals surface area contributed by atoms with E-state index in [1.165, 1.54) is 0 Å². The number of carbonyl (C=O) groups is 2. The lowest BCUT2D eigenvalue weighted by Gasteiger charge is -2.36. The molecule has 0 atom stereocenters. The van der Waals surface area contributed by atoms with Crippen molar-refractivity contribution in [3.63, 3.8) is 0 Å². The van der Waals surface area contributed by atoms with Crippen LogP contribution in [0.4, 0.5) is 10.5 Å². The second-order valence-electron chi connectivity index (χ2n) is 7.39. The van der Waals surface area contributed by atoms with Gasteiger partial charge in [0, 0.05) is 37.3 Å². The molecule has 1 saturated heterocycles. The fraction of sp³-hybridized carbons (Fsp3) is 0.619. The van der Waals surface area contributed by atoms with Crippen molar-refractivity contribution < 1.29 is 9.59 Å². The molecule has 1 heterocycles. The number of likely N-dealkylation sites (tertiary alicyclic amines) is 1. The van der Waals surface area contributed by atoms with Crippen LogP contribution < -0.4 is 5.32 Å². The molecule has 0 aromatic heterocycles. The van der Waals surface area contributed by atoms with Crippen LogP contribution in [0.2, 0.25) is 0 Å². The summed E-state index contributed by atoms with van der Waals surface area (Å²) in [5.74, 6) is 0.305. The van der Waals surface area contributed by atoms with Crippen LogP contribution in [0.15, 0.2) is 30.3 Å². The van der Waals surface area contributed by atoms with Gasteiger partial charge in [0.1, 0.15) is 0 Å². The van der Waals surface area contributed by atoms with Gasteiger partial charge in [-0.3, -0.25) is 4.79 Å². The zero-order chi connectivity index (χ0) is 18.9. The maximum absolute atomic E-state index is 12.9. The minimum atomic E-state index is -0.0780. The fourth-order valence-corrected chi connectivity index (χ4v) is 3.44. The van der Waals surface area contributed by atoms with E-state index in [-0.39, 0.29) is 23.9 Å². The number of anilines is 1. The van der Waals surface area contributed by atoms with E-state index in [0.29, 0.717) is 13.1 Å². The van der Waals surface area contributed by atoms with Crippen molar-refractivity contribution in [1.29, 1.82) is 0 Å². The van der Waals surface area contributed by atoms with Gasteiger partial charge in [0.15, 0.2) is 0 Å². The van der Waals surface area contributed by atoms with E-state index in [1.54, 1.807) is 0 Å². The molecule has 5 heteroatoms. The Labute approximate surface area is 157 Å². The Bertz CT molecular complexity index is 566. The molecule has 5 nitrogen and oxygen atoms in total. The van der Waals surface area contributed by atoms with E-state index < -0.39 is 0 Å². The van der Waals surface area contributed by atoms with Crippen molar-refractivity contribution in [2.75, 3.05) is 25.0 Å². The van der Waals surface area contributed by atoms with Gasteiger partial charge in [0.25, 0.3) is 0 Å². The summed E-state index contributed by atoms with van der Waals surface area (Å²) in [7, 11) is 0. The highest BCUT2D eigenvalue weighted by Crippen LogP contribution is 2.22. The van der Waals surface area contributed by atoms with E-state index in [9.17, 15) is 9.59 Å². The number of rotatable bonds is 7. The first-order chi connectivity index (χ1) is 12.5. The number of piperidine rings is 1. The summed E-state index contributed by atoms with van der Waals surface area (Å²) in [4.78, 5) is 29.1. The number of benzene rings is 1. The molecule has 2 rings (SSSR count). The summed E-state index contributed by atoms with van der Waals surface area (Å²) >= 11 is 0. The van der Waals surface area contributed by atoms with Crippen LogP contribution in [-0.2, 0) is 4.79 Å². The van der Waals surface area contributed by atoms with Crippen LogP contribution in [0.5, 0.6) is 0 Å². The van der Waals surface area contributed by atoms with E-state index >= 15 is 0 Å². The highest BCUT2D eigenvalue weighted by Gasteiger charge is 2.31. The Morgan fingerprint density at radius 2 is 1.81 bits per heavy atom. The SMILES string of the molecule is CCCCCN(C(=O)C1CCN(C(=O)Nc2ccccc2)CC1)C(C)C. The van der Waals surface area contributed by atoms with Crippen molar-refractivity contribution in [3.05, 3.63) is 30.3 Å². The fourth-order valence-electron chi connectivity index (χ4n) is 3.44. The molecule has 1 aliphatic heterocycles. The Morgan fingerprint density at radius 1 is 1.15 bits per heavy atom. The molecule has 1 N–H and O–H groups in total. The quantitative estimate of drug-likeness (QED) is 0.736. The molecule has 0 aliphatic carbocycles. The number of hydrogen-bond donors (Lipinski definition) is 1. The molecule has 0 saturated carbocycles. The van der Waals surface area contributed by atoms with Crippen LogP contribution in [0.25, 0.3) is 0 Å². The van der Waals surface area contributed by atoms with Crippen molar-refractivity contribution >= 4 is 17.6 Å². The lowest BCUT2D eigenvalue weighted by molar-refractivity contribution is -0.138. The van der Waals surface area contributed by atoms with Gasteiger partial charge in [-0.05, 0) is 45.2 Å². The zero-order valence-electron chi connectivity index (χ0n) is 16.4. The maximum atomic E-state index is 12.9. The molecule has 26 heavy (non-hydrogen) atoms. The third-order valence-corrected chi connectivity index (χ3v) is 5.07. The summed E-state index contributed by atoms with van der Waals surface area (Å²) in [6, 6.07) is 9.65. The van der Waals surface area contributed by atoms with Crippen molar-refractivity contribution in [3.8, 4) is 0 Å². The van der Waals surface area contributed by atoms with E-state index in [1.807, 2.05) is 40.1 Å². The van der Waals surface area contributed by atoms with Gasteiger partial charge >= 0.3 is 6.03 Å². The third-order valence-electron chi connectivity index (χ3n) is 5.07. The Morgan fingerprint density at radius 3 is 2.38 bits per heavy atom. The van der Waals surface area contributed by atoms with Crippen LogP contribution >= 0.6 is 0 Å². The monoisotopic (exact) mass is 359 g/mol. The predicted octanol–water partition coefficient (Wildman–Crippen LogP) is 4.36. The molecule has 1 aromatic rings.